The highest BCUT2D eigenvalue weighted by molar-refractivity contribution is 5.70. The Kier molecular flexibility index (Phi) is 4.70. The molecule has 2 rings (SSSR count). The molecule has 0 aliphatic carbocycles. The molecule has 2 heterocycles. The number of nitrogens with zero attached hydrogens (tertiary/aromatic N) is 2. The maximum Gasteiger partial charge on any atom is 0.307 e. The van der Waals surface area contributed by atoms with Gasteiger partial charge in [-0.3, -0.25) is 14.7 Å². The molecule has 1 saturated heterocycles. The second-order valence-corrected chi connectivity index (χ2v) is 4.68. The Balaban J connectivity index is 2.14. The van der Waals surface area contributed by atoms with Crippen LogP contribution in [-0.4, -0.2) is 36.1 Å². The Morgan fingerprint density at radius 2 is 2.22 bits per heavy atom. The number of rotatable bonds is 4. The Labute approximate surface area is 108 Å². The highest BCUT2D eigenvalue weighted by Gasteiger charge is 2.25. The fourth-order valence-electron chi connectivity index (χ4n) is 2.50. The predicted octanol–water partition coefficient (Wildman–Crippen LogP) is 2.17. The molecule has 18 heavy (non-hydrogen) atoms. The van der Waals surface area contributed by atoms with Crippen LogP contribution in [-0.2, 0) is 9.53 Å². The van der Waals surface area contributed by atoms with Crippen LogP contribution in [0.25, 0.3) is 0 Å². The molecule has 0 spiro atoms. The van der Waals surface area contributed by atoms with Crippen molar-refractivity contribution in [2.24, 2.45) is 0 Å². The first-order valence-electron chi connectivity index (χ1n) is 6.52. The highest BCUT2D eigenvalue weighted by atomic mass is 16.5. The van der Waals surface area contributed by atoms with Crippen LogP contribution in [0.1, 0.15) is 37.3 Å². The van der Waals surface area contributed by atoms with E-state index in [4.69, 9.17) is 4.74 Å². The Morgan fingerprint density at radius 1 is 1.44 bits per heavy atom. The standard InChI is InChI=1S/C14H20N2O2/c1-18-14(17)10-13(12-6-5-7-15-11-12)16-8-3-2-4-9-16/h5-7,11,13H,2-4,8-10H2,1H3. The normalized spacial score (nSPS) is 18.3. The van der Waals surface area contributed by atoms with Crippen LogP contribution < -0.4 is 0 Å². The molecule has 1 aromatic heterocycles. The van der Waals surface area contributed by atoms with E-state index in [1.165, 1.54) is 26.4 Å². The molecule has 0 saturated carbocycles. The molecule has 4 heteroatoms. The molecule has 0 radical (unpaired) electrons. The van der Waals surface area contributed by atoms with Gasteiger partial charge in [-0.2, -0.15) is 0 Å². The molecule has 0 bridgehead atoms. The van der Waals surface area contributed by atoms with E-state index in [9.17, 15) is 4.79 Å². The van der Waals surface area contributed by atoms with E-state index < -0.39 is 0 Å². The summed E-state index contributed by atoms with van der Waals surface area (Å²) in [5, 5.41) is 0. The first-order valence-corrected chi connectivity index (χ1v) is 6.52. The van der Waals surface area contributed by atoms with Crippen molar-refractivity contribution in [2.45, 2.75) is 31.7 Å². The van der Waals surface area contributed by atoms with Gasteiger partial charge in [-0.15, -0.1) is 0 Å². The van der Waals surface area contributed by atoms with E-state index in [-0.39, 0.29) is 12.0 Å². The lowest BCUT2D eigenvalue weighted by molar-refractivity contribution is -0.142. The first kappa shape index (κ1) is 13.0. The van der Waals surface area contributed by atoms with Gasteiger partial charge in [0.05, 0.1) is 13.5 Å². The van der Waals surface area contributed by atoms with Crippen molar-refractivity contribution in [3.63, 3.8) is 0 Å². The summed E-state index contributed by atoms with van der Waals surface area (Å²) < 4.78 is 4.81. The van der Waals surface area contributed by atoms with Crippen molar-refractivity contribution in [3.05, 3.63) is 30.1 Å². The monoisotopic (exact) mass is 248 g/mol. The largest absolute Gasteiger partial charge is 0.469 e. The first-order chi connectivity index (χ1) is 8.81. The second-order valence-electron chi connectivity index (χ2n) is 4.68. The smallest absolute Gasteiger partial charge is 0.307 e. The van der Waals surface area contributed by atoms with Gasteiger partial charge in [0, 0.05) is 18.4 Å². The Bertz CT molecular complexity index is 375. The summed E-state index contributed by atoms with van der Waals surface area (Å²) >= 11 is 0. The second kappa shape index (κ2) is 6.50. The zero-order valence-electron chi connectivity index (χ0n) is 10.8. The molecule has 0 amide bonds. The summed E-state index contributed by atoms with van der Waals surface area (Å²) in [6.45, 7) is 2.10. The lowest BCUT2D eigenvalue weighted by atomic mass is 10.0. The molecule has 1 unspecified atom stereocenters. The summed E-state index contributed by atoms with van der Waals surface area (Å²) in [6, 6.07) is 4.06. The molecule has 1 fully saturated rings. The molecule has 0 N–H and O–H groups in total. The lowest BCUT2D eigenvalue weighted by Crippen LogP contribution is -2.35. The van der Waals surface area contributed by atoms with Gasteiger partial charge < -0.3 is 4.74 Å². The summed E-state index contributed by atoms with van der Waals surface area (Å²) in [7, 11) is 1.44. The van der Waals surface area contributed by atoms with Crippen molar-refractivity contribution >= 4 is 5.97 Å². The van der Waals surface area contributed by atoms with E-state index in [1.54, 1.807) is 6.20 Å². The Morgan fingerprint density at radius 3 is 2.83 bits per heavy atom. The van der Waals surface area contributed by atoms with Gasteiger partial charge in [0.1, 0.15) is 0 Å². The van der Waals surface area contributed by atoms with Crippen LogP contribution in [0.3, 0.4) is 0 Å². The van der Waals surface area contributed by atoms with Crippen LogP contribution in [0.5, 0.6) is 0 Å². The number of methoxy groups -OCH3 is 1. The van der Waals surface area contributed by atoms with Gasteiger partial charge in [0.15, 0.2) is 0 Å². The van der Waals surface area contributed by atoms with Crippen LogP contribution >= 0.6 is 0 Å². The van der Waals surface area contributed by atoms with Gasteiger partial charge in [-0.1, -0.05) is 12.5 Å². The topological polar surface area (TPSA) is 42.4 Å². The summed E-state index contributed by atoms with van der Waals surface area (Å²) in [5.41, 5.74) is 1.10. The molecular formula is C14H20N2O2. The van der Waals surface area contributed by atoms with Crippen molar-refractivity contribution in [1.82, 2.24) is 9.88 Å². The third-order valence-corrected chi connectivity index (χ3v) is 3.49. The highest BCUT2D eigenvalue weighted by Crippen LogP contribution is 2.27. The van der Waals surface area contributed by atoms with E-state index >= 15 is 0 Å². The molecule has 1 aromatic rings. The molecular weight excluding hydrogens is 228 g/mol. The van der Waals surface area contributed by atoms with Gasteiger partial charge in [0.25, 0.3) is 0 Å². The lowest BCUT2D eigenvalue weighted by Gasteiger charge is -2.34. The third-order valence-electron chi connectivity index (χ3n) is 3.49. The van der Waals surface area contributed by atoms with Crippen molar-refractivity contribution < 1.29 is 9.53 Å². The molecule has 1 atom stereocenters. The number of hydrogen-bond donors (Lipinski definition) is 0. The minimum Gasteiger partial charge on any atom is -0.469 e. The summed E-state index contributed by atoms with van der Waals surface area (Å²) in [5.74, 6) is -0.158. The zero-order chi connectivity index (χ0) is 12.8. The predicted molar refractivity (Wildman–Crippen MR) is 69.0 cm³/mol. The maximum atomic E-state index is 11.6. The van der Waals surface area contributed by atoms with Gasteiger partial charge in [-0.05, 0) is 37.6 Å². The van der Waals surface area contributed by atoms with E-state index in [0.29, 0.717) is 6.42 Å². The number of esters is 1. The zero-order valence-corrected chi connectivity index (χ0v) is 10.8. The van der Waals surface area contributed by atoms with E-state index in [2.05, 4.69) is 9.88 Å². The minimum atomic E-state index is -0.158. The number of carbonyl (C=O) groups excluding carboxylic acids is 1. The number of aromatic nitrogens is 1. The quantitative estimate of drug-likeness (QED) is 0.766. The molecule has 98 valence electrons. The molecule has 4 nitrogen and oxygen atoms in total. The SMILES string of the molecule is COC(=O)CC(c1cccnc1)N1CCCCC1. The average Bonchev–Trinajstić information content (AvgIpc) is 2.46. The van der Waals surface area contributed by atoms with Crippen LogP contribution in [0, 0.1) is 0 Å². The summed E-state index contributed by atoms with van der Waals surface area (Å²) in [4.78, 5) is 18.1. The average molecular weight is 248 g/mol. The molecule has 1 aliphatic rings. The van der Waals surface area contributed by atoms with Crippen molar-refractivity contribution in [2.75, 3.05) is 20.2 Å². The third kappa shape index (κ3) is 3.29. The number of likely N-dealkylation sites (tertiary alicyclic amines) is 1. The maximum absolute atomic E-state index is 11.6. The molecule has 1 aliphatic heterocycles. The van der Waals surface area contributed by atoms with Gasteiger partial charge in [-0.25, -0.2) is 0 Å². The van der Waals surface area contributed by atoms with E-state index in [1.807, 2.05) is 18.3 Å². The number of hydrogen-bond acceptors (Lipinski definition) is 4. The summed E-state index contributed by atoms with van der Waals surface area (Å²) in [6.07, 6.45) is 7.71. The van der Waals surface area contributed by atoms with Crippen LogP contribution in [0.15, 0.2) is 24.5 Å². The number of carbonyl (C=O) groups is 1. The van der Waals surface area contributed by atoms with Crippen molar-refractivity contribution in [3.8, 4) is 0 Å². The van der Waals surface area contributed by atoms with Crippen LogP contribution in [0.2, 0.25) is 0 Å². The minimum absolute atomic E-state index is 0.103. The number of ether oxygens (including phenoxy) is 1. The van der Waals surface area contributed by atoms with Gasteiger partial charge in [0.2, 0.25) is 0 Å². The van der Waals surface area contributed by atoms with Gasteiger partial charge >= 0.3 is 5.97 Å². The molecule has 0 aromatic carbocycles. The number of piperidine rings is 1. The number of pyridine rings is 1. The van der Waals surface area contributed by atoms with Crippen molar-refractivity contribution in [1.29, 1.82) is 0 Å². The fraction of sp³-hybridized carbons (Fsp3) is 0.571. The van der Waals surface area contributed by atoms with E-state index in [0.717, 1.165) is 18.7 Å². The Hall–Kier alpha value is -1.42. The fourth-order valence-corrected chi connectivity index (χ4v) is 2.50. The van der Waals surface area contributed by atoms with Crippen LogP contribution in [0.4, 0.5) is 0 Å².